The number of methoxy groups -OCH3 is 1. The van der Waals surface area contributed by atoms with E-state index < -0.39 is 0 Å². The number of imidazole rings is 1. The van der Waals surface area contributed by atoms with E-state index in [4.69, 9.17) is 4.74 Å². The fourth-order valence-corrected chi connectivity index (χ4v) is 3.37. The average molecular weight is 331 g/mol. The maximum absolute atomic E-state index is 11.7. The molecule has 1 heterocycles. The fourth-order valence-electron chi connectivity index (χ4n) is 3.37. The number of fused-ring (bicyclic) bond motifs is 1. The number of anilines is 1. The van der Waals surface area contributed by atoms with Gasteiger partial charge in [0.15, 0.2) is 0 Å². The summed E-state index contributed by atoms with van der Waals surface area (Å²) in [4.78, 5) is 16.3. The minimum atomic E-state index is -0.368. The van der Waals surface area contributed by atoms with E-state index in [2.05, 4.69) is 10.3 Å². The smallest absolute Gasteiger partial charge is 0.337 e. The first-order valence-corrected chi connectivity index (χ1v) is 8.59. The number of carbonyl (C=O) groups excluding carboxylic acids is 1. The molecule has 1 aliphatic carbocycles. The molecule has 2 aromatic rings. The van der Waals surface area contributed by atoms with Crippen LogP contribution in [0.25, 0.3) is 11.0 Å². The van der Waals surface area contributed by atoms with Crippen LogP contribution < -0.4 is 5.32 Å². The number of rotatable bonds is 3. The van der Waals surface area contributed by atoms with Gasteiger partial charge in [-0.15, -0.1) is 0 Å². The maximum Gasteiger partial charge on any atom is 0.337 e. The third-order valence-corrected chi connectivity index (χ3v) is 4.85. The molecule has 1 aromatic heterocycles. The normalized spacial score (nSPS) is 22.0. The number of benzene rings is 1. The molecule has 0 unspecified atom stereocenters. The predicted molar refractivity (Wildman–Crippen MR) is 93.2 cm³/mol. The monoisotopic (exact) mass is 331 g/mol. The van der Waals surface area contributed by atoms with Crippen LogP contribution in [0.2, 0.25) is 0 Å². The Labute approximate surface area is 141 Å². The van der Waals surface area contributed by atoms with Crippen molar-refractivity contribution >= 4 is 23.0 Å². The van der Waals surface area contributed by atoms with Crippen LogP contribution in [0.3, 0.4) is 0 Å². The summed E-state index contributed by atoms with van der Waals surface area (Å²) < 4.78 is 6.72. The third kappa shape index (κ3) is 3.38. The zero-order valence-corrected chi connectivity index (χ0v) is 14.3. The molecule has 3 rings (SSSR count). The molecule has 0 radical (unpaired) electrons. The van der Waals surface area contributed by atoms with Crippen molar-refractivity contribution in [3.63, 3.8) is 0 Å². The number of aliphatic hydroxyl groups excluding tert-OH is 1. The van der Waals surface area contributed by atoms with Gasteiger partial charge in [0.05, 0.1) is 35.9 Å². The zero-order valence-electron chi connectivity index (χ0n) is 14.3. The number of hydrogen-bond donors (Lipinski definition) is 2. The Kier molecular flexibility index (Phi) is 5.04. The van der Waals surface area contributed by atoms with Crippen LogP contribution in [0, 0.1) is 0 Å². The number of esters is 1. The first-order valence-electron chi connectivity index (χ1n) is 8.59. The molecule has 0 saturated heterocycles. The molecular formula is C18H25N3O3. The van der Waals surface area contributed by atoms with Crippen LogP contribution in [0.15, 0.2) is 18.2 Å². The molecule has 1 saturated carbocycles. The van der Waals surface area contributed by atoms with E-state index >= 15 is 0 Å². The van der Waals surface area contributed by atoms with E-state index in [0.717, 1.165) is 42.7 Å². The largest absolute Gasteiger partial charge is 0.465 e. The lowest BCUT2D eigenvalue weighted by Crippen LogP contribution is -2.35. The highest BCUT2D eigenvalue weighted by atomic mass is 16.5. The van der Waals surface area contributed by atoms with Crippen LogP contribution in [0.5, 0.6) is 0 Å². The molecule has 0 bridgehead atoms. The topological polar surface area (TPSA) is 76.4 Å². The van der Waals surface area contributed by atoms with Gasteiger partial charge >= 0.3 is 5.97 Å². The number of hydrogen-bond acceptors (Lipinski definition) is 5. The summed E-state index contributed by atoms with van der Waals surface area (Å²) in [5.41, 5.74) is 2.16. The van der Waals surface area contributed by atoms with Crippen LogP contribution in [0.4, 0.5) is 5.95 Å². The molecule has 1 aliphatic rings. The lowest BCUT2D eigenvalue weighted by atomic mass is 9.94. The number of carbonyl (C=O) groups is 1. The number of nitrogens with one attached hydrogen (secondary N) is 1. The predicted octanol–water partition coefficient (Wildman–Crippen LogP) is 2.86. The Morgan fingerprint density at radius 3 is 2.79 bits per heavy atom. The number of ether oxygens (including phenoxy) is 1. The molecule has 0 amide bonds. The second-order valence-electron chi connectivity index (χ2n) is 6.50. The molecular weight excluding hydrogens is 306 g/mol. The van der Waals surface area contributed by atoms with Gasteiger partial charge in [-0.1, -0.05) is 25.7 Å². The quantitative estimate of drug-likeness (QED) is 0.846. The average Bonchev–Trinajstić information content (AvgIpc) is 2.89. The van der Waals surface area contributed by atoms with Crippen molar-refractivity contribution in [2.45, 2.75) is 50.7 Å². The van der Waals surface area contributed by atoms with Gasteiger partial charge < -0.3 is 19.7 Å². The Morgan fingerprint density at radius 2 is 2.04 bits per heavy atom. The summed E-state index contributed by atoms with van der Waals surface area (Å²) in [6.45, 7) is 0. The molecule has 6 nitrogen and oxygen atoms in total. The molecule has 24 heavy (non-hydrogen) atoms. The number of nitrogens with zero attached hydrogens (tertiary/aromatic N) is 2. The summed E-state index contributed by atoms with van der Waals surface area (Å²) in [5, 5.41) is 13.8. The van der Waals surface area contributed by atoms with Crippen LogP contribution in [-0.4, -0.2) is 39.9 Å². The maximum atomic E-state index is 11.7. The van der Waals surface area contributed by atoms with E-state index in [1.807, 2.05) is 17.7 Å². The highest BCUT2D eigenvalue weighted by molar-refractivity contribution is 5.94. The molecule has 6 heteroatoms. The van der Waals surface area contributed by atoms with Crippen molar-refractivity contribution in [3.8, 4) is 0 Å². The number of aliphatic hydroxyl groups is 1. The van der Waals surface area contributed by atoms with Gasteiger partial charge in [0.25, 0.3) is 0 Å². The Bertz CT molecular complexity index is 726. The van der Waals surface area contributed by atoms with Crippen molar-refractivity contribution in [1.82, 2.24) is 9.55 Å². The minimum absolute atomic E-state index is 0.0147. The van der Waals surface area contributed by atoms with E-state index in [-0.39, 0.29) is 18.1 Å². The molecule has 0 spiro atoms. The molecule has 2 N–H and O–H groups in total. The second kappa shape index (κ2) is 7.21. The summed E-state index contributed by atoms with van der Waals surface area (Å²) >= 11 is 0. The zero-order chi connectivity index (χ0) is 17.1. The van der Waals surface area contributed by atoms with E-state index in [1.54, 1.807) is 12.1 Å². The van der Waals surface area contributed by atoms with Gasteiger partial charge in [0, 0.05) is 7.05 Å². The summed E-state index contributed by atoms with van der Waals surface area (Å²) in [6, 6.07) is 5.36. The standard InChI is InChI=1S/C18H25N3O3/c1-21-15-10-9-12(17(23)24-2)11-14(15)20-18(21)19-13-7-5-3-4-6-8-16(13)22/h9-11,13,16,22H,3-8H2,1-2H3,(H,19,20)/t13-,16-/m0/s1. The van der Waals surface area contributed by atoms with Crippen LogP contribution in [0.1, 0.15) is 48.9 Å². The Hall–Kier alpha value is -2.08. The Morgan fingerprint density at radius 1 is 1.29 bits per heavy atom. The van der Waals surface area contributed by atoms with Gasteiger partial charge in [-0.3, -0.25) is 0 Å². The van der Waals surface area contributed by atoms with Gasteiger partial charge in [-0.2, -0.15) is 0 Å². The molecule has 1 fully saturated rings. The van der Waals surface area contributed by atoms with Gasteiger partial charge in [0.1, 0.15) is 0 Å². The number of aryl methyl sites for hydroxylation is 1. The lowest BCUT2D eigenvalue weighted by Gasteiger charge is -2.26. The van der Waals surface area contributed by atoms with Crippen LogP contribution in [-0.2, 0) is 11.8 Å². The molecule has 0 aliphatic heterocycles. The summed E-state index contributed by atoms with van der Waals surface area (Å²) in [7, 11) is 3.30. The first kappa shape index (κ1) is 16.8. The third-order valence-electron chi connectivity index (χ3n) is 4.85. The van der Waals surface area contributed by atoms with E-state index in [0.29, 0.717) is 5.56 Å². The van der Waals surface area contributed by atoms with Crippen LogP contribution >= 0.6 is 0 Å². The molecule has 130 valence electrons. The highest BCUT2D eigenvalue weighted by Gasteiger charge is 2.22. The SMILES string of the molecule is COC(=O)c1ccc2c(c1)nc(N[C@H]1CCCCCC[C@@H]1O)n2C. The first-order chi connectivity index (χ1) is 11.6. The van der Waals surface area contributed by atoms with E-state index in [1.165, 1.54) is 20.0 Å². The molecule has 2 atom stereocenters. The summed E-state index contributed by atoms with van der Waals surface area (Å²) in [6.07, 6.45) is 6.03. The van der Waals surface area contributed by atoms with E-state index in [9.17, 15) is 9.90 Å². The van der Waals surface area contributed by atoms with Gasteiger partial charge in [0.2, 0.25) is 5.95 Å². The Balaban J connectivity index is 1.85. The van der Waals surface area contributed by atoms with Crippen molar-refractivity contribution < 1.29 is 14.6 Å². The molecule has 1 aromatic carbocycles. The van der Waals surface area contributed by atoms with Gasteiger partial charge in [-0.05, 0) is 31.0 Å². The summed E-state index contributed by atoms with van der Waals surface area (Å²) in [5.74, 6) is 0.351. The van der Waals surface area contributed by atoms with Crippen molar-refractivity contribution in [2.24, 2.45) is 7.05 Å². The van der Waals surface area contributed by atoms with Crippen molar-refractivity contribution in [1.29, 1.82) is 0 Å². The lowest BCUT2D eigenvalue weighted by molar-refractivity contribution is 0.0601. The number of aromatic nitrogens is 2. The fraction of sp³-hybridized carbons (Fsp3) is 0.556. The second-order valence-corrected chi connectivity index (χ2v) is 6.50. The minimum Gasteiger partial charge on any atom is -0.465 e. The van der Waals surface area contributed by atoms with Gasteiger partial charge in [-0.25, -0.2) is 9.78 Å². The van der Waals surface area contributed by atoms with Crippen molar-refractivity contribution in [2.75, 3.05) is 12.4 Å². The van der Waals surface area contributed by atoms with Crippen molar-refractivity contribution in [3.05, 3.63) is 23.8 Å². The highest BCUT2D eigenvalue weighted by Crippen LogP contribution is 2.24.